The van der Waals surface area contributed by atoms with Gasteiger partial charge in [0, 0.05) is 19.1 Å². The predicted octanol–water partition coefficient (Wildman–Crippen LogP) is -0.565. The van der Waals surface area contributed by atoms with E-state index in [1.54, 1.807) is 0 Å². The Morgan fingerprint density at radius 1 is 1.36 bits per heavy atom. The van der Waals surface area contributed by atoms with Crippen LogP contribution in [0, 0.1) is 17.8 Å². The molecule has 4 heteroatoms. The second-order valence-corrected chi connectivity index (χ2v) is 4.52. The van der Waals surface area contributed by atoms with Crippen LogP contribution in [0.25, 0.3) is 0 Å². The lowest BCUT2D eigenvalue weighted by atomic mass is 9.84. The van der Waals surface area contributed by atoms with Crippen LogP contribution in [0.2, 0.25) is 0 Å². The molecule has 0 aromatic rings. The highest BCUT2D eigenvalue weighted by molar-refractivity contribution is 5.80. The molecule has 14 heavy (non-hydrogen) atoms. The summed E-state index contributed by atoms with van der Waals surface area (Å²) in [6.45, 7) is 1.07. The van der Waals surface area contributed by atoms with Gasteiger partial charge in [-0.1, -0.05) is 0 Å². The Morgan fingerprint density at radius 3 is 2.64 bits per heavy atom. The molecule has 0 saturated heterocycles. The summed E-state index contributed by atoms with van der Waals surface area (Å²) in [4.78, 5) is 11.8. The van der Waals surface area contributed by atoms with E-state index in [-0.39, 0.29) is 17.9 Å². The van der Waals surface area contributed by atoms with Crippen LogP contribution in [0.4, 0.5) is 0 Å². The number of nitrogens with two attached hydrogens (primary N) is 2. The summed E-state index contributed by atoms with van der Waals surface area (Å²) in [5, 5.41) is 2.85. The molecule has 0 aliphatic heterocycles. The van der Waals surface area contributed by atoms with E-state index in [9.17, 15) is 4.79 Å². The number of fused-ring (bicyclic) bond motifs is 2. The van der Waals surface area contributed by atoms with Crippen molar-refractivity contribution in [1.82, 2.24) is 5.32 Å². The molecule has 2 bridgehead atoms. The normalized spacial score (nSPS) is 40.1. The van der Waals surface area contributed by atoms with Crippen molar-refractivity contribution in [3.05, 3.63) is 0 Å². The van der Waals surface area contributed by atoms with Crippen molar-refractivity contribution in [1.29, 1.82) is 0 Å². The smallest absolute Gasteiger partial charge is 0.225 e. The van der Waals surface area contributed by atoms with Crippen molar-refractivity contribution < 1.29 is 4.79 Å². The quantitative estimate of drug-likeness (QED) is 0.567. The average Bonchev–Trinajstić information content (AvgIpc) is 2.74. The van der Waals surface area contributed by atoms with E-state index in [4.69, 9.17) is 11.5 Å². The first-order chi connectivity index (χ1) is 6.74. The molecule has 4 nitrogen and oxygen atoms in total. The third-order valence-corrected chi connectivity index (χ3v) is 3.73. The van der Waals surface area contributed by atoms with Crippen LogP contribution >= 0.6 is 0 Å². The van der Waals surface area contributed by atoms with Crippen molar-refractivity contribution in [2.75, 3.05) is 13.1 Å². The van der Waals surface area contributed by atoms with Crippen LogP contribution in [0.5, 0.6) is 0 Å². The molecule has 0 aromatic heterocycles. The van der Waals surface area contributed by atoms with E-state index in [1.165, 1.54) is 12.8 Å². The molecule has 5 N–H and O–H groups in total. The number of hydrogen-bond donors (Lipinski definition) is 3. The van der Waals surface area contributed by atoms with E-state index in [2.05, 4.69) is 5.32 Å². The maximum atomic E-state index is 11.8. The van der Waals surface area contributed by atoms with Gasteiger partial charge in [-0.05, 0) is 31.1 Å². The standard InChI is InChI=1S/C10H19N3O/c11-3-4-13-10(14)8-6-1-2-7(5-6)9(8)12/h6-9H,1-5,11-12H2,(H,13,14). The minimum absolute atomic E-state index is 0.0558. The third-order valence-electron chi connectivity index (χ3n) is 3.73. The fourth-order valence-corrected chi connectivity index (χ4v) is 3.04. The van der Waals surface area contributed by atoms with E-state index in [1.807, 2.05) is 0 Å². The summed E-state index contributed by atoms with van der Waals surface area (Å²) in [6.07, 6.45) is 3.55. The van der Waals surface area contributed by atoms with Gasteiger partial charge in [-0.25, -0.2) is 0 Å². The second kappa shape index (κ2) is 3.87. The summed E-state index contributed by atoms with van der Waals surface area (Å²) in [5.41, 5.74) is 11.4. The Hall–Kier alpha value is -0.610. The van der Waals surface area contributed by atoms with Crippen molar-refractivity contribution in [3.8, 4) is 0 Å². The van der Waals surface area contributed by atoms with Gasteiger partial charge >= 0.3 is 0 Å². The first kappa shape index (κ1) is 9.93. The average molecular weight is 197 g/mol. The van der Waals surface area contributed by atoms with Crippen LogP contribution in [-0.2, 0) is 4.79 Å². The van der Waals surface area contributed by atoms with Crippen LogP contribution in [0.3, 0.4) is 0 Å². The van der Waals surface area contributed by atoms with Crippen molar-refractivity contribution >= 4 is 5.91 Å². The van der Waals surface area contributed by atoms with Crippen LogP contribution in [0.1, 0.15) is 19.3 Å². The zero-order valence-corrected chi connectivity index (χ0v) is 8.41. The fourth-order valence-electron chi connectivity index (χ4n) is 3.04. The molecule has 80 valence electrons. The highest BCUT2D eigenvalue weighted by atomic mass is 16.1. The first-order valence-corrected chi connectivity index (χ1v) is 5.47. The van der Waals surface area contributed by atoms with Gasteiger partial charge < -0.3 is 16.8 Å². The molecule has 0 radical (unpaired) electrons. The molecular formula is C10H19N3O. The summed E-state index contributed by atoms with van der Waals surface area (Å²) >= 11 is 0. The largest absolute Gasteiger partial charge is 0.355 e. The van der Waals surface area contributed by atoms with E-state index in [0.717, 1.165) is 6.42 Å². The van der Waals surface area contributed by atoms with Gasteiger partial charge in [0.2, 0.25) is 5.91 Å². The van der Waals surface area contributed by atoms with Gasteiger partial charge in [0.15, 0.2) is 0 Å². The lowest BCUT2D eigenvalue weighted by Gasteiger charge is -2.26. The molecular weight excluding hydrogens is 178 g/mol. The Kier molecular flexibility index (Phi) is 2.74. The zero-order chi connectivity index (χ0) is 10.1. The molecule has 1 amide bonds. The van der Waals surface area contributed by atoms with Gasteiger partial charge in [-0.3, -0.25) is 4.79 Å². The van der Waals surface area contributed by atoms with E-state index in [0.29, 0.717) is 24.9 Å². The van der Waals surface area contributed by atoms with E-state index < -0.39 is 0 Å². The zero-order valence-electron chi connectivity index (χ0n) is 8.41. The van der Waals surface area contributed by atoms with Crippen LogP contribution < -0.4 is 16.8 Å². The summed E-state index contributed by atoms with van der Waals surface area (Å²) < 4.78 is 0. The van der Waals surface area contributed by atoms with E-state index >= 15 is 0 Å². The number of carbonyl (C=O) groups is 1. The Labute approximate surface area is 84.4 Å². The molecule has 2 saturated carbocycles. The molecule has 2 aliphatic rings. The molecule has 0 heterocycles. The molecule has 4 unspecified atom stereocenters. The molecule has 2 rings (SSSR count). The Bertz CT molecular complexity index is 229. The topological polar surface area (TPSA) is 81.1 Å². The Balaban J connectivity index is 1.94. The summed E-state index contributed by atoms with van der Waals surface area (Å²) in [7, 11) is 0. The van der Waals surface area contributed by atoms with Crippen LogP contribution in [0.15, 0.2) is 0 Å². The van der Waals surface area contributed by atoms with Crippen molar-refractivity contribution in [3.63, 3.8) is 0 Å². The molecule has 4 atom stereocenters. The number of rotatable bonds is 3. The number of carbonyl (C=O) groups excluding carboxylic acids is 1. The van der Waals surface area contributed by atoms with Gasteiger partial charge in [0.1, 0.15) is 0 Å². The highest BCUT2D eigenvalue weighted by Gasteiger charge is 2.48. The lowest BCUT2D eigenvalue weighted by molar-refractivity contribution is -0.126. The summed E-state index contributed by atoms with van der Waals surface area (Å²) in [6, 6.07) is 0.0894. The SMILES string of the molecule is NCCNC(=O)C1C2CCC(C2)C1N. The first-order valence-electron chi connectivity index (χ1n) is 5.47. The molecule has 0 aromatic carbocycles. The molecule has 0 spiro atoms. The summed E-state index contributed by atoms with van der Waals surface area (Å²) in [5.74, 6) is 1.30. The monoisotopic (exact) mass is 197 g/mol. The lowest BCUT2D eigenvalue weighted by Crippen LogP contribution is -2.46. The van der Waals surface area contributed by atoms with Gasteiger partial charge in [0.25, 0.3) is 0 Å². The predicted molar refractivity (Wildman–Crippen MR) is 54.4 cm³/mol. The van der Waals surface area contributed by atoms with Crippen molar-refractivity contribution in [2.45, 2.75) is 25.3 Å². The second-order valence-electron chi connectivity index (χ2n) is 4.52. The van der Waals surface area contributed by atoms with Gasteiger partial charge in [-0.2, -0.15) is 0 Å². The van der Waals surface area contributed by atoms with Crippen LogP contribution in [-0.4, -0.2) is 25.0 Å². The van der Waals surface area contributed by atoms with Gasteiger partial charge in [0.05, 0.1) is 5.92 Å². The minimum atomic E-state index is 0.0558. The highest BCUT2D eigenvalue weighted by Crippen LogP contribution is 2.47. The maximum Gasteiger partial charge on any atom is 0.225 e. The maximum absolute atomic E-state index is 11.8. The minimum Gasteiger partial charge on any atom is -0.355 e. The fraction of sp³-hybridized carbons (Fsp3) is 0.900. The number of hydrogen-bond acceptors (Lipinski definition) is 3. The number of nitrogens with one attached hydrogen (secondary N) is 1. The number of amides is 1. The third kappa shape index (κ3) is 1.53. The Morgan fingerprint density at radius 2 is 2.07 bits per heavy atom. The van der Waals surface area contributed by atoms with Crippen molar-refractivity contribution in [2.24, 2.45) is 29.2 Å². The van der Waals surface area contributed by atoms with Gasteiger partial charge in [-0.15, -0.1) is 0 Å². The molecule has 2 fully saturated rings. The molecule has 2 aliphatic carbocycles.